The number of para-hydroxylation sites is 2. The number of aryl methyl sites for hydroxylation is 1. The maximum absolute atomic E-state index is 12.1. The van der Waals surface area contributed by atoms with Gasteiger partial charge in [0.1, 0.15) is 0 Å². The maximum atomic E-state index is 12.1. The van der Waals surface area contributed by atoms with Crippen molar-refractivity contribution in [3.05, 3.63) is 64.6 Å². The SMILES string of the molecule is CS(=O)(=O)Nc1cccc(CNC(=O)CCCn2c(=O)oc3ccccc32)c1. The molecule has 2 aromatic carbocycles. The first kappa shape index (κ1) is 19.7. The molecule has 0 bridgehead atoms. The summed E-state index contributed by atoms with van der Waals surface area (Å²) >= 11 is 0. The lowest BCUT2D eigenvalue weighted by Crippen LogP contribution is -2.23. The van der Waals surface area contributed by atoms with Gasteiger partial charge in [0.15, 0.2) is 5.58 Å². The third-order valence-electron chi connectivity index (χ3n) is 4.08. The Kier molecular flexibility index (Phi) is 5.84. The first-order chi connectivity index (χ1) is 13.3. The van der Waals surface area contributed by atoms with Crippen LogP contribution in [0.4, 0.5) is 5.69 Å². The highest BCUT2D eigenvalue weighted by Gasteiger charge is 2.09. The Balaban J connectivity index is 1.50. The van der Waals surface area contributed by atoms with Crippen molar-refractivity contribution in [2.45, 2.75) is 25.9 Å². The van der Waals surface area contributed by atoms with Gasteiger partial charge < -0.3 is 9.73 Å². The molecule has 9 heteroatoms. The number of amides is 1. The van der Waals surface area contributed by atoms with Gasteiger partial charge in [0, 0.05) is 25.2 Å². The van der Waals surface area contributed by atoms with Gasteiger partial charge >= 0.3 is 5.76 Å². The molecule has 3 aromatic rings. The zero-order chi connectivity index (χ0) is 20.1. The van der Waals surface area contributed by atoms with Gasteiger partial charge in [-0.25, -0.2) is 13.2 Å². The van der Waals surface area contributed by atoms with Gasteiger partial charge in [0.05, 0.1) is 11.8 Å². The summed E-state index contributed by atoms with van der Waals surface area (Å²) in [6.07, 6.45) is 1.83. The fourth-order valence-electron chi connectivity index (χ4n) is 2.87. The summed E-state index contributed by atoms with van der Waals surface area (Å²) in [5, 5.41) is 2.79. The molecule has 3 rings (SSSR count). The average Bonchev–Trinajstić information content (AvgIpc) is 2.94. The van der Waals surface area contributed by atoms with Gasteiger partial charge in [-0.05, 0) is 36.2 Å². The molecule has 0 unspecified atom stereocenters. The molecule has 1 aromatic heterocycles. The molecule has 1 amide bonds. The predicted octanol–water partition coefficient (Wildman–Crippen LogP) is 2.06. The van der Waals surface area contributed by atoms with Crippen molar-refractivity contribution < 1.29 is 17.6 Å². The van der Waals surface area contributed by atoms with Crippen LogP contribution in [0.2, 0.25) is 0 Å². The first-order valence-electron chi connectivity index (χ1n) is 8.74. The van der Waals surface area contributed by atoms with Crippen molar-refractivity contribution in [2.24, 2.45) is 0 Å². The average molecular weight is 403 g/mol. The molecule has 0 radical (unpaired) electrons. The Morgan fingerprint density at radius 3 is 2.71 bits per heavy atom. The molecule has 0 saturated carbocycles. The number of benzene rings is 2. The van der Waals surface area contributed by atoms with E-state index in [4.69, 9.17) is 4.42 Å². The fourth-order valence-corrected chi connectivity index (χ4v) is 3.43. The Morgan fingerprint density at radius 2 is 1.93 bits per heavy atom. The normalized spacial score (nSPS) is 11.5. The van der Waals surface area contributed by atoms with Crippen molar-refractivity contribution in [3.8, 4) is 0 Å². The number of anilines is 1. The van der Waals surface area contributed by atoms with Crippen LogP contribution < -0.4 is 15.8 Å². The fraction of sp³-hybridized carbons (Fsp3) is 0.263. The number of rotatable bonds is 8. The molecular formula is C19H21N3O5S. The smallest absolute Gasteiger partial charge is 0.408 e. The Morgan fingerprint density at radius 1 is 1.14 bits per heavy atom. The summed E-state index contributed by atoms with van der Waals surface area (Å²) in [7, 11) is -3.35. The third-order valence-corrected chi connectivity index (χ3v) is 4.69. The summed E-state index contributed by atoms with van der Waals surface area (Å²) in [6.45, 7) is 0.670. The van der Waals surface area contributed by atoms with Gasteiger partial charge in [-0.3, -0.25) is 14.1 Å². The molecule has 0 aliphatic carbocycles. The second-order valence-corrected chi connectivity index (χ2v) is 8.19. The predicted molar refractivity (Wildman–Crippen MR) is 106 cm³/mol. The van der Waals surface area contributed by atoms with Crippen LogP contribution in [0, 0.1) is 0 Å². The molecule has 8 nitrogen and oxygen atoms in total. The molecule has 148 valence electrons. The number of oxazole rings is 1. The highest BCUT2D eigenvalue weighted by atomic mass is 32.2. The van der Waals surface area contributed by atoms with Crippen LogP contribution in [-0.4, -0.2) is 25.1 Å². The molecule has 28 heavy (non-hydrogen) atoms. The van der Waals surface area contributed by atoms with E-state index < -0.39 is 15.8 Å². The Hall–Kier alpha value is -3.07. The lowest BCUT2D eigenvalue weighted by Gasteiger charge is -2.08. The molecule has 0 spiro atoms. The second-order valence-electron chi connectivity index (χ2n) is 6.44. The van der Waals surface area contributed by atoms with E-state index in [0.29, 0.717) is 29.8 Å². The van der Waals surface area contributed by atoms with E-state index in [-0.39, 0.29) is 18.9 Å². The van der Waals surface area contributed by atoms with E-state index in [2.05, 4.69) is 10.0 Å². The number of hydrogen-bond acceptors (Lipinski definition) is 5. The van der Waals surface area contributed by atoms with E-state index in [1.807, 2.05) is 6.07 Å². The molecule has 0 atom stereocenters. The van der Waals surface area contributed by atoms with Crippen LogP contribution in [0.15, 0.2) is 57.7 Å². The van der Waals surface area contributed by atoms with Gasteiger partial charge in [0.25, 0.3) is 0 Å². The quantitative estimate of drug-likeness (QED) is 0.598. The zero-order valence-electron chi connectivity index (χ0n) is 15.3. The van der Waals surface area contributed by atoms with E-state index in [9.17, 15) is 18.0 Å². The van der Waals surface area contributed by atoms with Crippen LogP contribution in [0.1, 0.15) is 18.4 Å². The van der Waals surface area contributed by atoms with Crippen LogP contribution in [0.3, 0.4) is 0 Å². The number of carbonyl (C=O) groups is 1. The van der Waals surface area contributed by atoms with E-state index in [0.717, 1.165) is 11.8 Å². The zero-order valence-corrected chi connectivity index (χ0v) is 16.2. The first-order valence-corrected chi connectivity index (χ1v) is 10.6. The van der Waals surface area contributed by atoms with Gasteiger partial charge in [-0.15, -0.1) is 0 Å². The minimum absolute atomic E-state index is 0.151. The highest BCUT2D eigenvalue weighted by Crippen LogP contribution is 2.13. The number of sulfonamides is 1. The van der Waals surface area contributed by atoms with Crippen LogP contribution in [0.25, 0.3) is 11.1 Å². The molecule has 0 saturated heterocycles. The molecule has 2 N–H and O–H groups in total. The summed E-state index contributed by atoms with van der Waals surface area (Å²) in [6, 6.07) is 14.0. The molecule has 1 heterocycles. The van der Waals surface area contributed by atoms with Gasteiger partial charge in [0.2, 0.25) is 15.9 Å². The monoisotopic (exact) mass is 403 g/mol. The van der Waals surface area contributed by atoms with Gasteiger partial charge in [-0.1, -0.05) is 24.3 Å². The molecule has 0 aliphatic heterocycles. The highest BCUT2D eigenvalue weighted by molar-refractivity contribution is 7.92. The topological polar surface area (TPSA) is 110 Å². The van der Waals surface area contributed by atoms with Crippen LogP contribution in [0.5, 0.6) is 0 Å². The minimum Gasteiger partial charge on any atom is -0.408 e. The van der Waals surface area contributed by atoms with Crippen molar-refractivity contribution in [2.75, 3.05) is 11.0 Å². The second kappa shape index (κ2) is 8.30. The molecule has 0 aliphatic rings. The number of aromatic nitrogens is 1. The molecule has 0 fully saturated rings. The van der Waals surface area contributed by atoms with Crippen molar-refractivity contribution in [1.82, 2.24) is 9.88 Å². The Bertz CT molecular complexity index is 1150. The van der Waals surface area contributed by atoms with E-state index in [1.165, 1.54) is 4.57 Å². The lowest BCUT2D eigenvalue weighted by atomic mass is 10.2. The van der Waals surface area contributed by atoms with Crippen LogP contribution >= 0.6 is 0 Å². The van der Waals surface area contributed by atoms with E-state index >= 15 is 0 Å². The Labute approximate surface area is 162 Å². The number of nitrogens with zero attached hydrogens (tertiary/aromatic N) is 1. The van der Waals surface area contributed by atoms with E-state index in [1.54, 1.807) is 42.5 Å². The summed E-state index contributed by atoms with van der Waals surface area (Å²) in [5.74, 6) is -0.584. The standard InChI is InChI=1S/C19H21N3O5S/c1-28(25,26)21-15-7-4-6-14(12-15)13-20-18(23)10-5-11-22-16-8-2-3-9-17(16)27-19(22)24/h2-4,6-9,12,21H,5,10-11,13H2,1H3,(H,20,23). The number of fused-ring (bicyclic) bond motifs is 1. The van der Waals surface area contributed by atoms with Crippen molar-refractivity contribution >= 4 is 32.7 Å². The third kappa shape index (κ3) is 5.23. The number of carbonyl (C=O) groups excluding carboxylic acids is 1. The maximum Gasteiger partial charge on any atom is 0.419 e. The minimum atomic E-state index is -3.35. The summed E-state index contributed by atoms with van der Waals surface area (Å²) < 4.78 is 31.7. The largest absolute Gasteiger partial charge is 0.419 e. The van der Waals surface area contributed by atoms with Gasteiger partial charge in [-0.2, -0.15) is 0 Å². The summed E-state index contributed by atoms with van der Waals surface area (Å²) in [5.41, 5.74) is 2.46. The van der Waals surface area contributed by atoms with Crippen molar-refractivity contribution in [3.63, 3.8) is 0 Å². The lowest BCUT2D eigenvalue weighted by molar-refractivity contribution is -0.121. The van der Waals surface area contributed by atoms with Crippen molar-refractivity contribution in [1.29, 1.82) is 0 Å². The van der Waals surface area contributed by atoms with Crippen LogP contribution in [-0.2, 0) is 27.9 Å². The molecular weight excluding hydrogens is 382 g/mol. The number of hydrogen-bond donors (Lipinski definition) is 2. The number of nitrogens with one attached hydrogen (secondary N) is 2. The summed E-state index contributed by atoms with van der Waals surface area (Å²) in [4.78, 5) is 24.0.